The maximum absolute atomic E-state index is 11.2. The summed E-state index contributed by atoms with van der Waals surface area (Å²) in [6, 6.07) is -0.0881. The first-order chi connectivity index (χ1) is 6.70. The fraction of sp³-hybridized carbons (Fsp3) is 0.556. The van der Waals surface area contributed by atoms with E-state index in [1.54, 1.807) is 6.20 Å². The Morgan fingerprint density at radius 1 is 1.29 bits per heavy atom. The molecule has 0 aromatic heterocycles. The van der Waals surface area contributed by atoms with Crippen molar-refractivity contribution in [3.8, 4) is 0 Å². The smallest absolute Gasteiger partial charge is 0.413 e. The molecule has 0 spiro atoms. The van der Waals surface area contributed by atoms with E-state index in [2.05, 4.69) is 9.47 Å². The molecule has 0 unspecified atom stereocenters. The maximum Gasteiger partial charge on any atom is 0.413 e. The predicted molar refractivity (Wildman–Crippen MR) is 46.2 cm³/mol. The zero-order valence-corrected chi connectivity index (χ0v) is 7.97. The topological polar surface area (TPSA) is 55.8 Å². The van der Waals surface area contributed by atoms with Crippen molar-refractivity contribution in [2.75, 3.05) is 14.2 Å². The Morgan fingerprint density at radius 2 is 2.00 bits per heavy atom. The average Bonchev–Trinajstić information content (AvgIpc) is 2.77. The minimum atomic E-state index is -0.430. The summed E-state index contributed by atoms with van der Waals surface area (Å²) in [5.74, 6) is -0.357. The number of carbonyl (C=O) groups excluding carboxylic acids is 2. The maximum atomic E-state index is 11.2. The number of amides is 1. The summed E-state index contributed by atoms with van der Waals surface area (Å²) < 4.78 is 9.20. The first-order valence-corrected chi connectivity index (χ1v) is 4.33. The van der Waals surface area contributed by atoms with Crippen LogP contribution >= 0.6 is 0 Å². The van der Waals surface area contributed by atoms with E-state index in [9.17, 15) is 9.59 Å². The lowest BCUT2D eigenvalue weighted by Crippen LogP contribution is -2.29. The van der Waals surface area contributed by atoms with E-state index in [-0.39, 0.29) is 23.8 Å². The number of methoxy groups -OCH3 is 2. The van der Waals surface area contributed by atoms with Gasteiger partial charge in [-0.15, -0.1) is 0 Å². The van der Waals surface area contributed by atoms with Gasteiger partial charge in [0, 0.05) is 12.1 Å². The molecule has 0 saturated heterocycles. The molecule has 3 atom stereocenters. The second kappa shape index (κ2) is 3.01. The number of fused-ring (bicyclic) bond motifs is 1. The molecule has 14 heavy (non-hydrogen) atoms. The van der Waals surface area contributed by atoms with Crippen molar-refractivity contribution in [3.05, 3.63) is 12.3 Å². The monoisotopic (exact) mass is 197 g/mol. The largest absolute Gasteiger partial charge is 0.469 e. The van der Waals surface area contributed by atoms with E-state index in [1.807, 2.05) is 6.08 Å². The van der Waals surface area contributed by atoms with Gasteiger partial charge >= 0.3 is 12.1 Å². The van der Waals surface area contributed by atoms with Crippen LogP contribution in [0.25, 0.3) is 0 Å². The highest BCUT2D eigenvalue weighted by Gasteiger charge is 2.61. The molecule has 5 heteroatoms. The molecule has 0 N–H and O–H groups in total. The molecule has 0 bridgehead atoms. The van der Waals surface area contributed by atoms with E-state index in [0.717, 1.165) is 0 Å². The molecule has 1 saturated carbocycles. The Balaban J connectivity index is 2.05. The summed E-state index contributed by atoms with van der Waals surface area (Å²) in [6.45, 7) is 0. The molecule has 5 nitrogen and oxygen atoms in total. The summed E-state index contributed by atoms with van der Waals surface area (Å²) in [5, 5.41) is 0. The number of hydrogen-bond acceptors (Lipinski definition) is 4. The molecule has 1 aliphatic carbocycles. The lowest BCUT2D eigenvalue weighted by molar-refractivity contribution is -0.142. The molecule has 1 fully saturated rings. The third-order valence-electron chi connectivity index (χ3n) is 2.68. The van der Waals surface area contributed by atoms with Crippen molar-refractivity contribution in [1.29, 1.82) is 0 Å². The Morgan fingerprint density at radius 3 is 2.57 bits per heavy atom. The molecule has 0 radical (unpaired) electrons. The minimum absolute atomic E-state index is 0.0881. The molecule has 0 aromatic rings. The van der Waals surface area contributed by atoms with Gasteiger partial charge < -0.3 is 9.47 Å². The summed E-state index contributed by atoms with van der Waals surface area (Å²) in [4.78, 5) is 23.9. The Hall–Kier alpha value is -1.52. The van der Waals surface area contributed by atoms with Crippen molar-refractivity contribution in [1.82, 2.24) is 4.90 Å². The van der Waals surface area contributed by atoms with Gasteiger partial charge in [-0.25, -0.2) is 4.79 Å². The highest BCUT2D eigenvalue weighted by atomic mass is 16.5. The first kappa shape index (κ1) is 9.05. The Labute approximate surface area is 81.3 Å². The van der Waals surface area contributed by atoms with Crippen molar-refractivity contribution in [2.24, 2.45) is 11.8 Å². The van der Waals surface area contributed by atoms with Crippen LogP contribution in [0.5, 0.6) is 0 Å². The van der Waals surface area contributed by atoms with Gasteiger partial charge in [-0.2, -0.15) is 0 Å². The van der Waals surface area contributed by atoms with Crippen LogP contribution < -0.4 is 0 Å². The summed E-state index contributed by atoms with van der Waals surface area (Å²) in [5.41, 5.74) is 0. The van der Waals surface area contributed by atoms with E-state index >= 15 is 0 Å². The van der Waals surface area contributed by atoms with E-state index in [4.69, 9.17) is 0 Å². The van der Waals surface area contributed by atoms with Gasteiger partial charge in [0.25, 0.3) is 0 Å². The zero-order chi connectivity index (χ0) is 10.3. The molecule has 1 aliphatic heterocycles. The van der Waals surface area contributed by atoms with Gasteiger partial charge in [-0.05, 0) is 0 Å². The second-order valence-electron chi connectivity index (χ2n) is 3.34. The SMILES string of the molecule is COC(=O)[C@@H]1[C@H]2C=CN(C(=O)OC)[C@H]21. The van der Waals surface area contributed by atoms with E-state index in [1.165, 1.54) is 19.1 Å². The van der Waals surface area contributed by atoms with Gasteiger partial charge in [-0.1, -0.05) is 6.08 Å². The molecule has 2 rings (SSSR count). The van der Waals surface area contributed by atoms with E-state index < -0.39 is 6.09 Å². The van der Waals surface area contributed by atoms with Crippen LogP contribution in [0.15, 0.2) is 12.3 Å². The fourth-order valence-electron chi connectivity index (χ4n) is 1.92. The van der Waals surface area contributed by atoms with Gasteiger partial charge in [0.1, 0.15) is 0 Å². The van der Waals surface area contributed by atoms with Crippen LogP contribution in [-0.2, 0) is 14.3 Å². The molecule has 76 valence electrons. The highest BCUT2D eigenvalue weighted by molar-refractivity contribution is 5.81. The predicted octanol–water partition coefficient (Wildman–Crippen LogP) is 0.370. The third kappa shape index (κ3) is 1.08. The first-order valence-electron chi connectivity index (χ1n) is 4.33. The number of carbonyl (C=O) groups is 2. The van der Waals surface area contributed by atoms with Crippen LogP contribution in [0.4, 0.5) is 4.79 Å². The van der Waals surface area contributed by atoms with Gasteiger partial charge in [0.2, 0.25) is 0 Å². The fourth-order valence-corrected chi connectivity index (χ4v) is 1.92. The van der Waals surface area contributed by atoms with Gasteiger partial charge in [-0.3, -0.25) is 9.69 Å². The normalized spacial score (nSPS) is 32.4. The molecular weight excluding hydrogens is 186 g/mol. The van der Waals surface area contributed by atoms with E-state index in [0.29, 0.717) is 0 Å². The lowest BCUT2D eigenvalue weighted by Gasteiger charge is -2.14. The molecule has 2 aliphatic rings. The number of nitrogens with zero attached hydrogens (tertiary/aromatic N) is 1. The van der Waals surface area contributed by atoms with Crippen molar-refractivity contribution in [3.63, 3.8) is 0 Å². The summed E-state index contributed by atoms with van der Waals surface area (Å²) in [7, 11) is 2.67. The molecule has 0 aromatic carbocycles. The second-order valence-corrected chi connectivity index (χ2v) is 3.34. The molecule has 1 heterocycles. The van der Waals surface area contributed by atoms with Crippen LogP contribution in [0.3, 0.4) is 0 Å². The van der Waals surface area contributed by atoms with Crippen molar-refractivity contribution in [2.45, 2.75) is 6.04 Å². The number of esters is 1. The summed E-state index contributed by atoms with van der Waals surface area (Å²) >= 11 is 0. The van der Waals surface area contributed by atoms with Crippen LogP contribution in [0.2, 0.25) is 0 Å². The Kier molecular flexibility index (Phi) is 1.94. The van der Waals surface area contributed by atoms with Crippen LogP contribution in [0, 0.1) is 11.8 Å². The lowest BCUT2D eigenvalue weighted by atomic mass is 10.3. The van der Waals surface area contributed by atoms with Crippen LogP contribution in [-0.4, -0.2) is 37.2 Å². The van der Waals surface area contributed by atoms with Crippen molar-refractivity contribution < 1.29 is 19.1 Å². The quantitative estimate of drug-likeness (QED) is 0.570. The third-order valence-corrected chi connectivity index (χ3v) is 2.68. The minimum Gasteiger partial charge on any atom is -0.469 e. The van der Waals surface area contributed by atoms with Crippen molar-refractivity contribution >= 4 is 12.1 Å². The summed E-state index contributed by atoms with van der Waals surface area (Å²) in [6.07, 6.45) is 3.06. The molecule has 1 amide bonds. The number of rotatable bonds is 1. The zero-order valence-electron chi connectivity index (χ0n) is 7.97. The Bertz CT molecular complexity index is 312. The van der Waals surface area contributed by atoms with Crippen LogP contribution in [0.1, 0.15) is 0 Å². The number of hydrogen-bond donors (Lipinski definition) is 0. The van der Waals surface area contributed by atoms with Gasteiger partial charge in [0.15, 0.2) is 0 Å². The highest BCUT2D eigenvalue weighted by Crippen LogP contribution is 2.49. The molecular formula is C9H11NO4. The standard InChI is InChI=1S/C9H11NO4/c1-13-8(11)6-5-3-4-10(7(5)6)9(12)14-2/h3-7H,1-2H3/t5-,6-,7-/m1/s1. The number of ether oxygens (including phenoxy) is 2. The average molecular weight is 197 g/mol. The van der Waals surface area contributed by atoms with Gasteiger partial charge in [0.05, 0.1) is 26.2 Å².